The summed E-state index contributed by atoms with van der Waals surface area (Å²) in [5.74, 6) is -7.57. The van der Waals surface area contributed by atoms with Crippen molar-refractivity contribution in [1.29, 1.82) is 0 Å². The summed E-state index contributed by atoms with van der Waals surface area (Å²) in [5.41, 5.74) is 0. The zero-order chi connectivity index (χ0) is 91.7. The molecule has 6 rings (SSSR count). The number of carboxylic acids is 1. The molecule has 6 saturated heterocycles. The van der Waals surface area contributed by atoms with Gasteiger partial charge in [0.1, 0.15) is 134 Å². The molecular formula is C87H155N3O35. The van der Waals surface area contributed by atoms with Crippen LogP contribution in [-0.4, -0.2) is 362 Å². The number of carbonyl (C=O) groups is 4. The van der Waals surface area contributed by atoms with Crippen LogP contribution in [0.15, 0.2) is 24.3 Å². The summed E-state index contributed by atoms with van der Waals surface area (Å²) in [6.45, 7) is 1.53. The fraction of sp³-hybridized carbons (Fsp3) is 0.908. The number of aliphatic hydroxyl groups excluding tert-OH is 18. The lowest BCUT2D eigenvalue weighted by Gasteiger charge is -2.52. The van der Waals surface area contributed by atoms with Crippen molar-refractivity contribution in [2.45, 2.75) is 461 Å². The second-order valence-corrected chi connectivity index (χ2v) is 34.5. The van der Waals surface area contributed by atoms with Crippen molar-refractivity contribution >= 4 is 23.7 Å². The first-order valence-corrected chi connectivity index (χ1v) is 46.1. The molecule has 0 aromatic carbocycles. The molecule has 38 heteroatoms. The van der Waals surface area contributed by atoms with E-state index in [2.05, 4.69) is 41.9 Å². The highest BCUT2D eigenvalue weighted by atomic mass is 16.8. The van der Waals surface area contributed by atoms with Crippen LogP contribution in [0.4, 0.5) is 0 Å². The third kappa shape index (κ3) is 34.6. The van der Waals surface area contributed by atoms with Crippen LogP contribution in [0, 0.1) is 0 Å². The van der Waals surface area contributed by atoms with Gasteiger partial charge in [-0.15, -0.1) is 0 Å². The quantitative estimate of drug-likeness (QED) is 0.0294. The highest BCUT2D eigenvalue weighted by molar-refractivity contribution is 5.77. The second-order valence-electron chi connectivity index (χ2n) is 34.5. The zero-order valence-corrected chi connectivity index (χ0v) is 73.8. The molecular weight excluding hydrogens is 1650 g/mol. The van der Waals surface area contributed by atoms with Gasteiger partial charge in [-0.1, -0.05) is 205 Å². The smallest absolute Gasteiger partial charge is 0.364 e. The van der Waals surface area contributed by atoms with Gasteiger partial charge in [-0.2, -0.15) is 0 Å². The number of rotatable bonds is 61. The lowest BCUT2D eigenvalue weighted by atomic mass is 9.88. The van der Waals surface area contributed by atoms with Gasteiger partial charge < -0.3 is 170 Å². The molecule has 3 amide bonds. The largest absolute Gasteiger partial charge is 0.477 e. The van der Waals surface area contributed by atoms with Crippen molar-refractivity contribution in [1.82, 2.24) is 16.0 Å². The van der Waals surface area contributed by atoms with Gasteiger partial charge in [-0.25, -0.2) is 4.79 Å². The summed E-state index contributed by atoms with van der Waals surface area (Å²) in [7, 11) is 0. The zero-order valence-electron chi connectivity index (χ0n) is 73.8. The first-order chi connectivity index (χ1) is 60.0. The molecule has 0 aromatic heterocycles. The Balaban J connectivity index is 1.14. The van der Waals surface area contributed by atoms with Gasteiger partial charge in [-0.3, -0.25) is 14.4 Å². The van der Waals surface area contributed by atoms with Gasteiger partial charge in [0.25, 0.3) is 5.79 Å². The summed E-state index contributed by atoms with van der Waals surface area (Å²) >= 11 is 0. The molecule has 125 heavy (non-hydrogen) atoms. The van der Waals surface area contributed by atoms with E-state index in [0.717, 1.165) is 71.6 Å². The number of aliphatic hydroxyl groups is 18. The molecule has 6 aliphatic heterocycles. The Morgan fingerprint density at radius 1 is 0.432 bits per heavy atom. The number of hydrogen-bond acceptors (Lipinski definition) is 34. The van der Waals surface area contributed by atoms with Gasteiger partial charge in [0.2, 0.25) is 17.7 Å². The Hall–Kier alpha value is -3.84. The molecule has 6 fully saturated rings. The Labute approximate surface area is 734 Å². The Morgan fingerprint density at radius 2 is 0.840 bits per heavy atom. The van der Waals surface area contributed by atoms with Gasteiger partial charge >= 0.3 is 5.97 Å². The number of nitrogens with one attached hydrogen (secondary N) is 3. The molecule has 728 valence electrons. The number of ether oxygens (including phenoxy) is 12. The molecule has 0 bridgehead atoms. The highest BCUT2D eigenvalue weighted by Gasteiger charge is 2.62. The van der Waals surface area contributed by atoms with E-state index < -0.39 is 266 Å². The van der Waals surface area contributed by atoms with Crippen molar-refractivity contribution in [3.63, 3.8) is 0 Å². The van der Waals surface area contributed by atoms with Crippen LogP contribution in [0.3, 0.4) is 0 Å². The minimum absolute atomic E-state index is 0.148. The number of allylic oxidation sites excluding steroid dienone is 3. The molecule has 6 aliphatic rings. The number of hydrogen-bond donors (Lipinski definition) is 22. The standard InChI is InChI=1S/C87H155N3O35/c1-6-8-10-12-14-16-18-20-21-22-23-24-25-26-27-28-29-31-33-35-37-39-41-43-62(101)90-54(55(98)42-40-38-36-34-32-30-19-17-15-13-11-9-7-2)50-114-82-72(109)70(107)75(60(48-94)119-82)120-84-73(110)79(67(104)58(46-92)116-84)123-81-64(89-53(5)97)78(122-83-71(108)69(106)65(102)51(3)115-83)76(61(49-95)118-81)121-85-74(111)80(68(105)59(47-93)117-85)125-87(86(112)113)44-56(99)63(88-52(4)96)77(124-87)66(103)57(100)45-91/h20-21,40,42,51,54-61,63-85,91-95,98-100,102-111H,6-19,22-39,41,43-50H2,1-5H3,(H,88,96)(H,89,97)(H,90,101)(H,112,113)/b21-20-,42-40+/t51?,54-,55+,56?,57+,58?,59?,60?,61?,63+,64?,65+,66+,67-,68-,69?,70+,71-,72?,73?,74?,75+,76+,77?,78+,79-,80-,81-,82+,83+,84-,85-,87-/m0/s1. The van der Waals surface area contributed by atoms with Gasteiger partial charge in [0, 0.05) is 26.7 Å². The topological polar surface area (TPSA) is 600 Å². The first-order valence-electron chi connectivity index (χ1n) is 46.1. The molecule has 0 radical (unpaired) electrons. The van der Waals surface area contributed by atoms with Crippen LogP contribution < -0.4 is 16.0 Å². The van der Waals surface area contributed by atoms with E-state index in [4.69, 9.17) is 56.8 Å². The summed E-state index contributed by atoms with van der Waals surface area (Å²) in [5, 5.41) is 221. The van der Waals surface area contributed by atoms with Crippen LogP contribution in [-0.2, 0) is 76.0 Å². The van der Waals surface area contributed by atoms with Crippen molar-refractivity contribution in [2.24, 2.45) is 0 Å². The van der Waals surface area contributed by atoms with Crippen molar-refractivity contribution in [2.75, 3.05) is 39.6 Å². The van der Waals surface area contributed by atoms with Crippen LogP contribution in [0.25, 0.3) is 0 Å². The molecule has 0 aromatic rings. The van der Waals surface area contributed by atoms with Crippen molar-refractivity contribution in [3.8, 4) is 0 Å². The van der Waals surface area contributed by atoms with Gasteiger partial charge in [0.15, 0.2) is 31.5 Å². The van der Waals surface area contributed by atoms with Gasteiger partial charge in [-0.05, 0) is 51.9 Å². The number of carbonyl (C=O) groups excluding carboxylic acids is 3. The number of unbranched alkanes of at least 4 members (excludes halogenated alkanes) is 30. The van der Waals surface area contributed by atoms with Crippen LogP contribution in [0.1, 0.15) is 259 Å². The van der Waals surface area contributed by atoms with E-state index in [0.29, 0.717) is 12.8 Å². The maximum atomic E-state index is 13.7. The van der Waals surface area contributed by atoms with E-state index in [1.165, 1.54) is 148 Å². The second kappa shape index (κ2) is 58.9. The molecule has 0 spiro atoms. The van der Waals surface area contributed by atoms with Crippen LogP contribution in [0.2, 0.25) is 0 Å². The summed E-state index contributed by atoms with van der Waals surface area (Å²) in [6.07, 6.45) is -14.1. The Kier molecular flexibility index (Phi) is 51.8. The SMILES string of the molecule is CCCCCCCC/C=C\CCCCCCCCCCCCCCCC(=O)N[C@@H](CO[C@@H]1OC(CO)[C@@H](O[C@@H]2OC(CO)[C@H](O)[C@H](O[C@@H]3OC(CO)[C@@H](O[C@@H]4OC(CO)[C@H](O)[C@H](O[C@]5(C(=O)O)CC(O)[C@@H](NC(C)=O)C([C@H](O)[C@H](O)CO)O5)C4O)[C@H](O[C@H]4OC(C)[C@@H](O)C(O)[C@@H]4O)C3NC(C)=O)C2O)[C@H](O)C1O)[C@H](O)/C=C/CCCCCCCCCCCCC. The molecule has 38 nitrogen and oxygen atoms in total. The average molecular weight is 1800 g/mol. The first kappa shape index (κ1) is 110. The Morgan fingerprint density at radius 3 is 1.33 bits per heavy atom. The molecule has 0 saturated carbocycles. The van der Waals surface area contributed by atoms with Crippen LogP contribution >= 0.6 is 0 Å². The van der Waals surface area contributed by atoms with Crippen molar-refractivity contribution < 1.29 is 173 Å². The minimum atomic E-state index is -3.28. The summed E-state index contributed by atoms with van der Waals surface area (Å²) in [6, 6.07) is -4.81. The molecule has 6 heterocycles. The lowest BCUT2D eigenvalue weighted by Crippen LogP contribution is -2.72. The maximum absolute atomic E-state index is 13.7. The van der Waals surface area contributed by atoms with Crippen LogP contribution in [0.5, 0.6) is 0 Å². The van der Waals surface area contributed by atoms with E-state index in [-0.39, 0.29) is 12.3 Å². The summed E-state index contributed by atoms with van der Waals surface area (Å²) < 4.78 is 72.3. The summed E-state index contributed by atoms with van der Waals surface area (Å²) in [4.78, 5) is 52.9. The molecule has 22 N–H and O–H groups in total. The van der Waals surface area contributed by atoms with E-state index in [9.17, 15) is 116 Å². The minimum Gasteiger partial charge on any atom is -0.477 e. The predicted molar refractivity (Wildman–Crippen MR) is 446 cm³/mol. The molecule has 0 aliphatic carbocycles. The monoisotopic (exact) mass is 1800 g/mol. The molecule has 12 unspecified atom stereocenters. The fourth-order valence-corrected chi connectivity index (χ4v) is 16.9. The van der Waals surface area contributed by atoms with E-state index in [1.807, 2.05) is 6.08 Å². The van der Waals surface area contributed by atoms with Crippen molar-refractivity contribution in [3.05, 3.63) is 24.3 Å². The number of aliphatic carboxylic acids is 1. The third-order valence-electron chi connectivity index (χ3n) is 24.3. The Bertz CT molecular complexity index is 3010. The van der Waals surface area contributed by atoms with E-state index >= 15 is 0 Å². The number of amides is 3. The van der Waals surface area contributed by atoms with E-state index in [1.54, 1.807) is 6.08 Å². The average Bonchev–Trinajstić information content (AvgIpc) is 0.750. The maximum Gasteiger partial charge on any atom is 0.364 e. The third-order valence-corrected chi connectivity index (χ3v) is 24.3. The highest BCUT2D eigenvalue weighted by Crippen LogP contribution is 2.41. The normalized spacial score (nSPS) is 35.1. The van der Waals surface area contributed by atoms with Gasteiger partial charge in [0.05, 0.1) is 70.0 Å². The number of carboxylic acid groups (broad SMARTS) is 1. The molecule has 33 atom stereocenters. The lowest BCUT2D eigenvalue weighted by molar-refractivity contribution is -0.399. The fourth-order valence-electron chi connectivity index (χ4n) is 16.9. The predicted octanol–water partition coefficient (Wildman–Crippen LogP) is 0.706.